The van der Waals surface area contributed by atoms with Gasteiger partial charge in [0.25, 0.3) is 5.91 Å². The first-order chi connectivity index (χ1) is 13.8. The predicted molar refractivity (Wildman–Crippen MR) is 107 cm³/mol. The Morgan fingerprint density at radius 1 is 1.24 bits per heavy atom. The molecule has 0 saturated carbocycles. The first-order valence-electron chi connectivity index (χ1n) is 9.35. The fourth-order valence-corrected chi connectivity index (χ4v) is 4.93. The summed E-state index contributed by atoms with van der Waals surface area (Å²) in [5.74, 6) is -1.28. The number of rotatable bonds is 7. The number of nitriles is 1. The minimum Gasteiger partial charge on any atom is -0.452 e. The molecule has 8 nitrogen and oxygen atoms in total. The Hall–Kier alpha value is -2.15. The average molecular weight is 442 g/mol. The minimum absolute atomic E-state index is 0.00438. The molecule has 1 heterocycles. The lowest BCUT2D eigenvalue weighted by atomic mass is 10.2. The predicted octanol–water partition coefficient (Wildman–Crippen LogP) is 2.43. The smallest absolute Gasteiger partial charge is 0.338 e. The lowest BCUT2D eigenvalue weighted by molar-refractivity contribution is -0.133. The van der Waals surface area contributed by atoms with Crippen molar-refractivity contribution >= 4 is 33.5 Å². The summed E-state index contributed by atoms with van der Waals surface area (Å²) < 4.78 is 32.4. The molecule has 0 aliphatic carbocycles. The number of ether oxygens (including phenoxy) is 1. The third-order valence-electron chi connectivity index (χ3n) is 4.66. The summed E-state index contributed by atoms with van der Waals surface area (Å²) in [4.78, 5) is 25.4. The monoisotopic (exact) mass is 441 g/mol. The summed E-state index contributed by atoms with van der Waals surface area (Å²) in [5, 5.41) is 8.58. The maximum atomic E-state index is 13.0. The molecule has 10 heteroatoms. The Morgan fingerprint density at radius 2 is 1.90 bits per heavy atom. The zero-order valence-electron chi connectivity index (χ0n) is 16.3. The zero-order valence-corrected chi connectivity index (χ0v) is 17.8. The Kier molecular flexibility index (Phi) is 8.44. The fourth-order valence-electron chi connectivity index (χ4n) is 2.91. The molecule has 1 aliphatic heterocycles. The molecule has 0 aromatic heterocycles. The molecule has 1 fully saturated rings. The normalized spacial score (nSPS) is 15.2. The van der Waals surface area contributed by atoms with E-state index < -0.39 is 28.5 Å². The van der Waals surface area contributed by atoms with Crippen LogP contribution in [0.2, 0.25) is 5.02 Å². The minimum atomic E-state index is -3.84. The van der Waals surface area contributed by atoms with Crippen LogP contribution in [-0.2, 0) is 19.6 Å². The van der Waals surface area contributed by atoms with Gasteiger partial charge < -0.3 is 9.64 Å². The van der Waals surface area contributed by atoms with Gasteiger partial charge in [0, 0.05) is 26.7 Å². The number of halogens is 1. The van der Waals surface area contributed by atoms with Crippen molar-refractivity contribution in [2.24, 2.45) is 0 Å². The second-order valence-electron chi connectivity index (χ2n) is 6.76. The lowest BCUT2D eigenvalue weighted by Crippen LogP contribution is -2.32. The molecule has 0 spiro atoms. The SMILES string of the molecule is CN(CCC#N)C(=O)COC(=O)c1ccc(Cl)c(S(=O)(=O)N2CCCCCC2)c1. The van der Waals surface area contributed by atoms with E-state index in [0.29, 0.717) is 13.1 Å². The van der Waals surface area contributed by atoms with Crippen molar-refractivity contribution in [3.05, 3.63) is 28.8 Å². The van der Waals surface area contributed by atoms with Gasteiger partial charge in [-0.2, -0.15) is 9.57 Å². The highest BCUT2D eigenvalue weighted by Crippen LogP contribution is 2.28. The molecular weight excluding hydrogens is 418 g/mol. The highest BCUT2D eigenvalue weighted by Gasteiger charge is 2.28. The van der Waals surface area contributed by atoms with Gasteiger partial charge in [-0.3, -0.25) is 4.79 Å². The third-order valence-corrected chi connectivity index (χ3v) is 7.04. The molecule has 0 atom stereocenters. The number of carbonyl (C=O) groups is 2. The van der Waals surface area contributed by atoms with E-state index in [9.17, 15) is 18.0 Å². The van der Waals surface area contributed by atoms with Gasteiger partial charge in [0.1, 0.15) is 4.90 Å². The van der Waals surface area contributed by atoms with E-state index in [1.807, 2.05) is 6.07 Å². The number of likely N-dealkylation sites (N-methyl/N-ethyl adjacent to an activating group) is 1. The van der Waals surface area contributed by atoms with E-state index in [0.717, 1.165) is 25.7 Å². The average Bonchev–Trinajstić information content (AvgIpc) is 3.00. The van der Waals surface area contributed by atoms with Crippen LogP contribution < -0.4 is 0 Å². The quantitative estimate of drug-likeness (QED) is 0.601. The number of carbonyl (C=O) groups excluding carboxylic acids is 2. The van der Waals surface area contributed by atoms with Gasteiger partial charge in [-0.25, -0.2) is 13.2 Å². The number of amides is 1. The van der Waals surface area contributed by atoms with Gasteiger partial charge in [0.05, 0.1) is 23.1 Å². The number of sulfonamides is 1. The molecule has 1 aromatic rings. The first kappa shape index (κ1) is 23.1. The molecule has 158 valence electrons. The molecule has 1 amide bonds. The van der Waals surface area contributed by atoms with Crippen LogP contribution in [0.3, 0.4) is 0 Å². The van der Waals surface area contributed by atoms with E-state index in [1.165, 1.54) is 34.5 Å². The second kappa shape index (κ2) is 10.6. The van der Waals surface area contributed by atoms with Gasteiger partial charge in [0.15, 0.2) is 6.61 Å². The molecular formula is C19H24ClN3O5S. The molecule has 0 N–H and O–H groups in total. The van der Waals surface area contributed by atoms with Crippen molar-refractivity contribution in [2.75, 3.05) is 33.3 Å². The highest BCUT2D eigenvalue weighted by molar-refractivity contribution is 7.89. The summed E-state index contributed by atoms with van der Waals surface area (Å²) in [6.45, 7) is 0.553. The Labute approximate surface area is 176 Å². The Morgan fingerprint density at radius 3 is 2.52 bits per heavy atom. The van der Waals surface area contributed by atoms with Crippen LogP contribution in [0.5, 0.6) is 0 Å². The van der Waals surface area contributed by atoms with Crippen LogP contribution in [0, 0.1) is 11.3 Å². The fraction of sp³-hybridized carbons (Fsp3) is 0.526. The van der Waals surface area contributed by atoms with Crippen LogP contribution in [0.4, 0.5) is 0 Å². The van der Waals surface area contributed by atoms with E-state index in [4.69, 9.17) is 21.6 Å². The van der Waals surface area contributed by atoms with Gasteiger partial charge in [-0.15, -0.1) is 0 Å². The summed E-state index contributed by atoms with van der Waals surface area (Å²) in [7, 11) is -2.34. The van der Waals surface area contributed by atoms with Crippen molar-refractivity contribution in [3.63, 3.8) is 0 Å². The maximum Gasteiger partial charge on any atom is 0.338 e. The molecule has 29 heavy (non-hydrogen) atoms. The van der Waals surface area contributed by atoms with Crippen molar-refractivity contribution < 1.29 is 22.7 Å². The molecule has 2 rings (SSSR count). The van der Waals surface area contributed by atoms with Crippen LogP contribution in [-0.4, -0.2) is 62.8 Å². The first-order valence-corrected chi connectivity index (χ1v) is 11.2. The Balaban J connectivity index is 2.12. The van der Waals surface area contributed by atoms with E-state index in [2.05, 4.69) is 0 Å². The Bertz CT molecular complexity index is 890. The largest absolute Gasteiger partial charge is 0.452 e. The van der Waals surface area contributed by atoms with Gasteiger partial charge >= 0.3 is 5.97 Å². The van der Waals surface area contributed by atoms with Gasteiger partial charge in [0.2, 0.25) is 10.0 Å². The number of benzene rings is 1. The van der Waals surface area contributed by atoms with Crippen LogP contribution in [0.15, 0.2) is 23.1 Å². The summed E-state index contributed by atoms with van der Waals surface area (Å²) in [6.07, 6.45) is 3.68. The molecule has 0 bridgehead atoms. The summed E-state index contributed by atoms with van der Waals surface area (Å²) >= 11 is 6.12. The zero-order chi connectivity index (χ0) is 21.4. The number of esters is 1. The maximum absolute atomic E-state index is 13.0. The van der Waals surface area contributed by atoms with Gasteiger partial charge in [-0.05, 0) is 31.0 Å². The number of hydrogen-bond acceptors (Lipinski definition) is 6. The number of nitrogens with zero attached hydrogens (tertiary/aromatic N) is 3. The van der Waals surface area contributed by atoms with Crippen LogP contribution in [0.25, 0.3) is 0 Å². The van der Waals surface area contributed by atoms with Crippen LogP contribution >= 0.6 is 11.6 Å². The van der Waals surface area contributed by atoms with Gasteiger partial charge in [-0.1, -0.05) is 24.4 Å². The van der Waals surface area contributed by atoms with Crippen molar-refractivity contribution in [3.8, 4) is 6.07 Å². The second-order valence-corrected chi connectivity index (χ2v) is 9.08. The van der Waals surface area contributed by atoms with Crippen molar-refractivity contribution in [1.29, 1.82) is 5.26 Å². The standard InChI is InChI=1S/C19H24ClN3O5S/c1-22(10-6-9-21)18(24)14-28-19(25)15-7-8-16(20)17(13-15)29(26,27)23-11-4-2-3-5-12-23/h7-8,13H,2-6,10-12,14H2,1H3. The molecule has 1 aromatic carbocycles. The van der Waals surface area contributed by atoms with E-state index >= 15 is 0 Å². The van der Waals surface area contributed by atoms with E-state index in [1.54, 1.807) is 0 Å². The van der Waals surface area contributed by atoms with E-state index in [-0.39, 0.29) is 28.4 Å². The molecule has 1 aliphatic rings. The van der Waals surface area contributed by atoms with Crippen molar-refractivity contribution in [1.82, 2.24) is 9.21 Å². The molecule has 0 radical (unpaired) electrons. The summed E-state index contributed by atoms with van der Waals surface area (Å²) in [6, 6.07) is 5.81. The molecule has 0 unspecified atom stereocenters. The lowest BCUT2D eigenvalue weighted by Gasteiger charge is -2.21. The topological polar surface area (TPSA) is 108 Å². The third kappa shape index (κ3) is 6.16. The number of hydrogen-bond donors (Lipinski definition) is 0. The van der Waals surface area contributed by atoms with Crippen molar-refractivity contribution in [2.45, 2.75) is 37.0 Å². The molecule has 1 saturated heterocycles. The highest BCUT2D eigenvalue weighted by atomic mass is 35.5. The van der Waals surface area contributed by atoms with Crippen LogP contribution in [0.1, 0.15) is 42.5 Å². The summed E-state index contributed by atoms with van der Waals surface area (Å²) in [5.41, 5.74) is -0.00438.